The average molecular weight is 229 g/mol. The molecule has 0 amide bonds. The summed E-state index contributed by atoms with van der Waals surface area (Å²) in [7, 11) is 1.86. The van der Waals surface area contributed by atoms with Crippen molar-refractivity contribution >= 4 is 0 Å². The van der Waals surface area contributed by atoms with Crippen LogP contribution in [0.15, 0.2) is 6.20 Å². The van der Waals surface area contributed by atoms with E-state index >= 15 is 0 Å². The molecule has 2 rings (SSSR count). The maximum atomic E-state index is 12.8. The van der Waals surface area contributed by atoms with Crippen LogP contribution in [0, 0.1) is 6.92 Å². The Morgan fingerprint density at radius 2 is 2.31 bits per heavy atom. The molecule has 1 aromatic heterocycles. The number of hydrogen-bond acceptors (Lipinski definition) is 2. The second-order valence-corrected chi connectivity index (χ2v) is 4.41. The molecule has 1 aliphatic rings. The predicted molar refractivity (Wildman–Crippen MR) is 57.4 cm³/mol. The zero-order valence-corrected chi connectivity index (χ0v) is 9.66. The summed E-state index contributed by atoms with van der Waals surface area (Å²) in [6, 6.07) is -0.575. The van der Waals surface area contributed by atoms with Crippen LogP contribution >= 0.6 is 0 Å². The highest BCUT2D eigenvalue weighted by molar-refractivity contribution is 5.15. The summed E-state index contributed by atoms with van der Waals surface area (Å²) in [5, 5.41) is 4.13. The van der Waals surface area contributed by atoms with Gasteiger partial charge in [-0.2, -0.15) is 5.10 Å². The second kappa shape index (κ2) is 4.49. The average Bonchev–Trinajstić information content (AvgIpc) is 2.80. The molecule has 1 aromatic rings. The summed E-state index contributed by atoms with van der Waals surface area (Å²) in [4.78, 5) is 1.87. The van der Waals surface area contributed by atoms with E-state index in [2.05, 4.69) is 5.10 Å². The molecule has 0 bridgehead atoms. The van der Waals surface area contributed by atoms with E-state index in [-0.39, 0.29) is 0 Å². The minimum absolute atomic E-state index is 0.575. The van der Waals surface area contributed by atoms with Gasteiger partial charge in [0.25, 0.3) is 6.43 Å². The number of rotatable bonds is 3. The van der Waals surface area contributed by atoms with E-state index in [0.29, 0.717) is 13.0 Å². The summed E-state index contributed by atoms with van der Waals surface area (Å²) < 4.78 is 27.3. The SMILES string of the molecule is Cc1cnn(C)c1CN1CCC[C@@H]1C(F)F. The van der Waals surface area contributed by atoms with Crippen LogP contribution in [0.2, 0.25) is 0 Å². The van der Waals surface area contributed by atoms with Crippen molar-refractivity contribution in [1.82, 2.24) is 14.7 Å². The summed E-state index contributed by atoms with van der Waals surface area (Å²) in [6.45, 7) is 3.31. The molecule has 0 radical (unpaired) electrons. The van der Waals surface area contributed by atoms with E-state index in [0.717, 1.165) is 24.2 Å². The van der Waals surface area contributed by atoms with Crippen molar-refractivity contribution in [2.75, 3.05) is 6.54 Å². The van der Waals surface area contributed by atoms with Crippen molar-refractivity contribution in [2.24, 2.45) is 7.05 Å². The molecule has 1 saturated heterocycles. The highest BCUT2D eigenvalue weighted by Crippen LogP contribution is 2.25. The number of halogens is 2. The molecule has 0 aliphatic carbocycles. The molecule has 1 atom stereocenters. The Bertz CT molecular complexity index is 343. The molecular formula is C11H17F2N3. The Labute approximate surface area is 94.0 Å². The fraction of sp³-hybridized carbons (Fsp3) is 0.727. The van der Waals surface area contributed by atoms with Gasteiger partial charge in [0.2, 0.25) is 0 Å². The molecule has 0 aromatic carbocycles. The Morgan fingerprint density at radius 3 is 2.88 bits per heavy atom. The lowest BCUT2D eigenvalue weighted by Gasteiger charge is -2.23. The molecule has 0 spiro atoms. The molecule has 90 valence electrons. The zero-order valence-electron chi connectivity index (χ0n) is 9.66. The molecule has 0 saturated carbocycles. The van der Waals surface area contributed by atoms with E-state index in [1.54, 1.807) is 10.9 Å². The van der Waals surface area contributed by atoms with Gasteiger partial charge in [-0.25, -0.2) is 8.78 Å². The van der Waals surface area contributed by atoms with E-state index < -0.39 is 12.5 Å². The Hall–Kier alpha value is -0.970. The van der Waals surface area contributed by atoms with Crippen LogP contribution < -0.4 is 0 Å². The first kappa shape index (κ1) is 11.5. The molecule has 1 fully saturated rings. The van der Waals surface area contributed by atoms with Gasteiger partial charge in [-0.05, 0) is 31.9 Å². The van der Waals surface area contributed by atoms with Crippen LogP contribution in [0.4, 0.5) is 8.78 Å². The topological polar surface area (TPSA) is 21.1 Å². The monoisotopic (exact) mass is 229 g/mol. The molecule has 0 N–H and O–H groups in total. The standard InChI is InChI=1S/C11H17F2N3/c1-8-6-14-15(2)10(8)7-16-5-3-4-9(16)11(12)13/h6,9,11H,3-5,7H2,1-2H3/t9-/m1/s1. The predicted octanol–water partition coefficient (Wildman–Crippen LogP) is 1.96. The molecule has 2 heterocycles. The van der Waals surface area contributed by atoms with Crippen LogP contribution in [0.25, 0.3) is 0 Å². The first-order valence-corrected chi connectivity index (χ1v) is 5.59. The van der Waals surface area contributed by atoms with Crippen molar-refractivity contribution < 1.29 is 8.78 Å². The summed E-state index contributed by atoms with van der Waals surface area (Å²) in [5.74, 6) is 0. The molecule has 16 heavy (non-hydrogen) atoms. The van der Waals surface area contributed by atoms with Crippen LogP contribution in [0.3, 0.4) is 0 Å². The first-order chi connectivity index (χ1) is 7.59. The molecule has 1 aliphatic heterocycles. The number of nitrogens with zero attached hydrogens (tertiary/aromatic N) is 3. The number of aryl methyl sites for hydroxylation is 2. The quantitative estimate of drug-likeness (QED) is 0.790. The van der Waals surface area contributed by atoms with Gasteiger partial charge in [-0.1, -0.05) is 0 Å². The highest BCUT2D eigenvalue weighted by atomic mass is 19.3. The number of aromatic nitrogens is 2. The largest absolute Gasteiger partial charge is 0.289 e. The first-order valence-electron chi connectivity index (χ1n) is 5.59. The van der Waals surface area contributed by atoms with Gasteiger partial charge in [0, 0.05) is 13.6 Å². The summed E-state index contributed by atoms with van der Waals surface area (Å²) in [6.07, 6.45) is 1.01. The van der Waals surface area contributed by atoms with Crippen LogP contribution in [-0.4, -0.2) is 33.7 Å². The van der Waals surface area contributed by atoms with Crippen molar-refractivity contribution in [3.05, 3.63) is 17.5 Å². The highest BCUT2D eigenvalue weighted by Gasteiger charge is 2.32. The van der Waals surface area contributed by atoms with Gasteiger partial charge in [-0.15, -0.1) is 0 Å². The lowest BCUT2D eigenvalue weighted by atomic mass is 10.2. The molecule has 0 unspecified atom stereocenters. The number of hydrogen-bond donors (Lipinski definition) is 0. The minimum atomic E-state index is -2.24. The maximum Gasteiger partial charge on any atom is 0.253 e. The van der Waals surface area contributed by atoms with E-state index in [4.69, 9.17) is 0 Å². The lowest BCUT2D eigenvalue weighted by molar-refractivity contribution is 0.0429. The van der Waals surface area contributed by atoms with Crippen molar-refractivity contribution in [3.8, 4) is 0 Å². The Kier molecular flexibility index (Phi) is 3.23. The van der Waals surface area contributed by atoms with Crippen molar-refractivity contribution in [3.63, 3.8) is 0 Å². The zero-order chi connectivity index (χ0) is 11.7. The molecule has 3 nitrogen and oxygen atoms in total. The summed E-state index contributed by atoms with van der Waals surface area (Å²) in [5.41, 5.74) is 2.11. The Morgan fingerprint density at radius 1 is 1.56 bits per heavy atom. The van der Waals surface area contributed by atoms with Crippen molar-refractivity contribution in [2.45, 2.75) is 38.8 Å². The van der Waals surface area contributed by atoms with Gasteiger partial charge >= 0.3 is 0 Å². The minimum Gasteiger partial charge on any atom is -0.289 e. The Balaban J connectivity index is 2.09. The van der Waals surface area contributed by atoms with E-state index in [1.165, 1.54) is 0 Å². The van der Waals surface area contributed by atoms with Crippen LogP contribution in [0.5, 0.6) is 0 Å². The molecular weight excluding hydrogens is 212 g/mol. The fourth-order valence-corrected chi connectivity index (χ4v) is 2.33. The van der Waals surface area contributed by atoms with Crippen LogP contribution in [0.1, 0.15) is 24.1 Å². The van der Waals surface area contributed by atoms with Gasteiger partial charge < -0.3 is 0 Å². The van der Waals surface area contributed by atoms with E-state index in [9.17, 15) is 8.78 Å². The van der Waals surface area contributed by atoms with Crippen LogP contribution in [-0.2, 0) is 13.6 Å². The third kappa shape index (κ3) is 2.09. The third-order valence-electron chi connectivity index (χ3n) is 3.33. The third-order valence-corrected chi connectivity index (χ3v) is 3.33. The molecule has 5 heteroatoms. The van der Waals surface area contributed by atoms with Gasteiger partial charge in [-0.3, -0.25) is 9.58 Å². The van der Waals surface area contributed by atoms with Gasteiger partial charge in [0.15, 0.2) is 0 Å². The number of alkyl halides is 2. The maximum absolute atomic E-state index is 12.8. The summed E-state index contributed by atoms with van der Waals surface area (Å²) >= 11 is 0. The van der Waals surface area contributed by atoms with Crippen molar-refractivity contribution in [1.29, 1.82) is 0 Å². The number of likely N-dealkylation sites (tertiary alicyclic amines) is 1. The second-order valence-electron chi connectivity index (χ2n) is 4.41. The normalized spacial score (nSPS) is 22.2. The smallest absolute Gasteiger partial charge is 0.253 e. The van der Waals surface area contributed by atoms with Gasteiger partial charge in [0.05, 0.1) is 17.9 Å². The lowest BCUT2D eigenvalue weighted by Crippen LogP contribution is -2.35. The van der Waals surface area contributed by atoms with Gasteiger partial charge in [0.1, 0.15) is 0 Å². The fourth-order valence-electron chi connectivity index (χ4n) is 2.33. The van der Waals surface area contributed by atoms with E-state index in [1.807, 2.05) is 18.9 Å².